The van der Waals surface area contributed by atoms with Gasteiger partial charge in [-0.25, -0.2) is 18.6 Å². The van der Waals surface area contributed by atoms with Crippen molar-refractivity contribution in [3.8, 4) is 17.0 Å². The maximum atomic E-state index is 14.4. The third-order valence-corrected chi connectivity index (χ3v) is 5.57. The number of pyridine rings is 1. The minimum atomic E-state index is -4.71. The number of fused-ring (bicyclic) bond motifs is 1. The van der Waals surface area contributed by atoms with E-state index in [0.717, 1.165) is 18.2 Å². The Morgan fingerprint density at radius 2 is 1.90 bits per heavy atom. The third-order valence-electron chi connectivity index (χ3n) is 4.61. The number of aromatic nitrogens is 1. The average molecular weight is 461 g/mol. The molecule has 0 radical (unpaired) electrons. The number of alkyl halides is 3. The Morgan fingerprint density at radius 3 is 2.45 bits per heavy atom. The van der Waals surface area contributed by atoms with Crippen LogP contribution in [0.15, 0.2) is 24.3 Å². The summed E-state index contributed by atoms with van der Waals surface area (Å²) in [5, 5.41) is 9.36. The molecule has 3 rings (SSSR count). The van der Waals surface area contributed by atoms with Gasteiger partial charge in [0.2, 0.25) is 5.88 Å². The summed E-state index contributed by atoms with van der Waals surface area (Å²) < 4.78 is 79.5. The molecule has 1 aromatic heterocycles. The largest absolute Gasteiger partial charge is 0.477 e. The van der Waals surface area contributed by atoms with Crippen molar-refractivity contribution in [1.29, 1.82) is 0 Å². The summed E-state index contributed by atoms with van der Waals surface area (Å²) in [4.78, 5) is 15.3. The van der Waals surface area contributed by atoms with E-state index in [9.17, 15) is 31.9 Å². The lowest BCUT2D eigenvalue weighted by Crippen LogP contribution is -2.51. The fourth-order valence-electron chi connectivity index (χ4n) is 3.38. The number of carboxylic acids is 1. The van der Waals surface area contributed by atoms with Crippen LogP contribution in [0.2, 0.25) is 19.6 Å². The van der Waals surface area contributed by atoms with Crippen molar-refractivity contribution in [3.05, 3.63) is 47.2 Å². The monoisotopic (exact) mass is 461 g/mol. The van der Waals surface area contributed by atoms with Crippen LogP contribution in [0.25, 0.3) is 11.1 Å². The molecule has 2 aromatic rings. The third kappa shape index (κ3) is 5.21. The van der Waals surface area contributed by atoms with Crippen molar-refractivity contribution < 1.29 is 41.0 Å². The number of rotatable bonds is 5. The molecule has 0 saturated carbocycles. The summed E-state index contributed by atoms with van der Waals surface area (Å²) in [6, 6.07) is 3.86. The van der Waals surface area contributed by atoms with E-state index in [0.29, 0.717) is 6.07 Å². The molecule has 0 saturated heterocycles. The van der Waals surface area contributed by atoms with Gasteiger partial charge in [-0.2, -0.15) is 13.2 Å². The topological polar surface area (TPSA) is 68.7 Å². The molecule has 11 heteroatoms. The second-order valence-corrected chi connectivity index (χ2v) is 12.6. The van der Waals surface area contributed by atoms with E-state index in [1.54, 1.807) is 19.6 Å². The molecular formula is C20H20F5NO4Si. The molecule has 1 aromatic carbocycles. The molecule has 5 nitrogen and oxygen atoms in total. The summed E-state index contributed by atoms with van der Waals surface area (Å²) in [5.74, 6) is -3.57. The van der Waals surface area contributed by atoms with E-state index in [2.05, 4.69) is 4.98 Å². The Labute approximate surface area is 176 Å². The standard InChI is InChI=1S/C20H20F5NO4Si/c1-31(2,3)30-17(20(23,24)25)16-7-6-12-13(11-5-4-10(21)8-14(11)22)9-15(19(27)28)26-18(12)29-16/h4-5,8-9,16-17H,6-7H2,1-3H3,(H,27,28). The average Bonchev–Trinajstić information content (AvgIpc) is 2.63. The minimum absolute atomic E-state index is 0.0146. The zero-order valence-electron chi connectivity index (χ0n) is 16.9. The number of aromatic carboxylic acids is 1. The molecule has 0 fully saturated rings. The second kappa shape index (κ2) is 8.19. The van der Waals surface area contributed by atoms with E-state index in [1.807, 2.05) is 0 Å². The van der Waals surface area contributed by atoms with Crippen molar-refractivity contribution in [2.75, 3.05) is 0 Å². The number of benzene rings is 1. The normalized spacial score (nSPS) is 17.6. The molecule has 2 unspecified atom stereocenters. The lowest BCUT2D eigenvalue weighted by atomic mass is 9.92. The van der Waals surface area contributed by atoms with Crippen molar-refractivity contribution in [2.24, 2.45) is 0 Å². The van der Waals surface area contributed by atoms with Gasteiger partial charge in [0.05, 0.1) is 0 Å². The lowest BCUT2D eigenvalue weighted by molar-refractivity contribution is -0.221. The molecular weight excluding hydrogens is 441 g/mol. The first-order chi connectivity index (χ1) is 14.3. The van der Waals surface area contributed by atoms with Gasteiger partial charge in [-0.15, -0.1) is 0 Å². The lowest BCUT2D eigenvalue weighted by Gasteiger charge is -2.36. The van der Waals surface area contributed by atoms with Crippen LogP contribution in [0.3, 0.4) is 0 Å². The van der Waals surface area contributed by atoms with Gasteiger partial charge in [-0.05, 0) is 56.2 Å². The van der Waals surface area contributed by atoms with Gasteiger partial charge < -0.3 is 14.3 Å². The molecule has 31 heavy (non-hydrogen) atoms. The van der Waals surface area contributed by atoms with Crippen LogP contribution in [0.4, 0.5) is 22.0 Å². The van der Waals surface area contributed by atoms with Crippen molar-refractivity contribution in [1.82, 2.24) is 4.98 Å². The van der Waals surface area contributed by atoms with Gasteiger partial charge in [0.1, 0.15) is 17.7 Å². The molecule has 2 heterocycles. The van der Waals surface area contributed by atoms with Crippen molar-refractivity contribution >= 4 is 14.3 Å². The van der Waals surface area contributed by atoms with Gasteiger partial charge in [-0.3, -0.25) is 0 Å². The molecule has 0 bridgehead atoms. The number of ether oxygens (including phenoxy) is 1. The maximum absolute atomic E-state index is 14.4. The highest BCUT2D eigenvalue weighted by atomic mass is 28.4. The number of halogens is 5. The Hall–Kier alpha value is -2.53. The first-order valence-corrected chi connectivity index (χ1v) is 12.8. The smallest absolute Gasteiger partial charge is 0.417 e. The first kappa shape index (κ1) is 23.1. The van der Waals surface area contributed by atoms with Crippen LogP contribution >= 0.6 is 0 Å². The van der Waals surface area contributed by atoms with E-state index in [1.165, 1.54) is 0 Å². The number of nitrogens with zero attached hydrogens (tertiary/aromatic N) is 1. The zero-order chi connectivity index (χ0) is 23.1. The SMILES string of the molecule is C[Si](C)(C)OC(C1CCc2c(-c3ccc(F)cc3F)cc(C(=O)O)nc2O1)C(F)(F)F. The highest BCUT2D eigenvalue weighted by molar-refractivity contribution is 6.69. The fraction of sp³-hybridized carbons (Fsp3) is 0.400. The predicted octanol–water partition coefficient (Wildman–Crippen LogP) is 5.20. The highest BCUT2D eigenvalue weighted by Crippen LogP contribution is 2.40. The van der Waals surface area contributed by atoms with Crippen LogP contribution in [0.1, 0.15) is 22.5 Å². The molecule has 1 aliphatic rings. The van der Waals surface area contributed by atoms with E-state index in [4.69, 9.17) is 9.16 Å². The van der Waals surface area contributed by atoms with E-state index in [-0.39, 0.29) is 35.4 Å². The van der Waals surface area contributed by atoms with Crippen LogP contribution in [-0.4, -0.2) is 42.8 Å². The van der Waals surface area contributed by atoms with E-state index < -0.39 is 50.0 Å². The Kier molecular flexibility index (Phi) is 6.11. The van der Waals surface area contributed by atoms with Gasteiger partial charge in [-0.1, -0.05) is 0 Å². The molecule has 1 N–H and O–H groups in total. The summed E-state index contributed by atoms with van der Waals surface area (Å²) >= 11 is 0. The Balaban J connectivity index is 2.07. The molecule has 0 spiro atoms. The summed E-state index contributed by atoms with van der Waals surface area (Å²) in [6.07, 6.45) is -8.46. The van der Waals surface area contributed by atoms with Crippen LogP contribution in [-0.2, 0) is 10.8 Å². The van der Waals surface area contributed by atoms with Crippen molar-refractivity contribution in [2.45, 2.75) is 50.9 Å². The first-order valence-electron chi connectivity index (χ1n) is 9.40. The summed E-state index contributed by atoms with van der Waals surface area (Å²) in [7, 11) is -2.61. The van der Waals surface area contributed by atoms with Gasteiger partial charge in [0.25, 0.3) is 0 Å². The summed E-state index contributed by atoms with van der Waals surface area (Å²) in [5.41, 5.74) is -0.308. The van der Waals surface area contributed by atoms with E-state index >= 15 is 0 Å². The number of hydrogen-bond acceptors (Lipinski definition) is 4. The number of carbonyl (C=O) groups is 1. The molecule has 0 aliphatic carbocycles. The number of carboxylic acid groups (broad SMARTS) is 1. The van der Waals surface area contributed by atoms with Crippen LogP contribution < -0.4 is 4.74 Å². The Bertz CT molecular complexity index is 1010. The zero-order valence-corrected chi connectivity index (χ0v) is 17.9. The molecule has 2 atom stereocenters. The van der Waals surface area contributed by atoms with Crippen LogP contribution in [0, 0.1) is 11.6 Å². The van der Waals surface area contributed by atoms with Crippen LogP contribution in [0.5, 0.6) is 5.88 Å². The van der Waals surface area contributed by atoms with Gasteiger partial charge >= 0.3 is 12.1 Å². The molecule has 1 aliphatic heterocycles. The molecule has 168 valence electrons. The quantitative estimate of drug-likeness (QED) is 0.490. The predicted molar refractivity (Wildman–Crippen MR) is 104 cm³/mol. The second-order valence-electron chi connectivity index (χ2n) is 8.16. The minimum Gasteiger partial charge on any atom is -0.477 e. The molecule has 0 amide bonds. The maximum Gasteiger partial charge on any atom is 0.417 e. The summed E-state index contributed by atoms with van der Waals surface area (Å²) in [6.45, 7) is 4.83. The fourth-order valence-corrected chi connectivity index (χ4v) is 4.43. The van der Waals surface area contributed by atoms with Gasteiger partial charge in [0, 0.05) is 17.2 Å². The Morgan fingerprint density at radius 1 is 1.23 bits per heavy atom. The van der Waals surface area contributed by atoms with Gasteiger partial charge in [0.15, 0.2) is 20.1 Å². The van der Waals surface area contributed by atoms with Crippen molar-refractivity contribution in [3.63, 3.8) is 0 Å². The highest BCUT2D eigenvalue weighted by Gasteiger charge is 2.50. The number of hydrogen-bond donors (Lipinski definition) is 1.